The van der Waals surface area contributed by atoms with Crippen LogP contribution < -0.4 is 5.32 Å². The normalized spacial score (nSPS) is 12.1. The molecule has 0 spiro atoms. The average Bonchev–Trinajstić information content (AvgIpc) is 2.35. The van der Waals surface area contributed by atoms with Gasteiger partial charge in [-0.25, -0.2) is 18.2 Å². The number of nitrogens with zero attached hydrogens (tertiary/aromatic N) is 2. The Balaban J connectivity index is 2.90. The first-order chi connectivity index (χ1) is 10.4. The third-order valence-corrected chi connectivity index (χ3v) is 3.88. The van der Waals surface area contributed by atoms with Gasteiger partial charge in [-0.2, -0.15) is 4.31 Å². The molecule has 0 radical (unpaired) electrons. The first-order valence-electron chi connectivity index (χ1n) is 6.79. The summed E-state index contributed by atoms with van der Waals surface area (Å²) in [7, 11) is -2.20. The highest BCUT2D eigenvalue weighted by Crippen LogP contribution is 2.17. The Morgan fingerprint density at radius 1 is 1.35 bits per heavy atom. The average molecular weight is 343 g/mol. The summed E-state index contributed by atoms with van der Waals surface area (Å²) in [5, 5.41) is 2.42. The van der Waals surface area contributed by atoms with Crippen molar-refractivity contribution < 1.29 is 22.7 Å². The van der Waals surface area contributed by atoms with Gasteiger partial charge in [-0.15, -0.1) is 0 Å². The first kappa shape index (κ1) is 19.0. The summed E-state index contributed by atoms with van der Waals surface area (Å²) in [6, 6.07) is 3.01. The number of hydrogen-bond acceptors (Lipinski definition) is 6. The van der Waals surface area contributed by atoms with E-state index in [1.807, 2.05) is 0 Å². The SMILES string of the molecule is CN(CC(=O)Nc1ncccc1C(=O)OC(C)(C)C)S(C)(=O)=O. The molecule has 0 aromatic carbocycles. The minimum atomic E-state index is -3.48. The molecule has 1 aromatic rings. The number of rotatable bonds is 5. The highest BCUT2D eigenvalue weighted by molar-refractivity contribution is 7.88. The van der Waals surface area contributed by atoms with E-state index in [9.17, 15) is 18.0 Å². The van der Waals surface area contributed by atoms with E-state index in [0.717, 1.165) is 10.6 Å². The van der Waals surface area contributed by atoms with E-state index in [1.165, 1.54) is 25.4 Å². The Hall–Kier alpha value is -2.00. The van der Waals surface area contributed by atoms with Gasteiger partial charge in [-0.3, -0.25) is 4.79 Å². The van der Waals surface area contributed by atoms with Gasteiger partial charge < -0.3 is 10.1 Å². The standard InChI is InChI=1S/C14H21N3O5S/c1-14(2,3)22-13(19)10-7-6-8-15-12(10)16-11(18)9-17(4)23(5,20)21/h6-8H,9H2,1-5H3,(H,15,16,18). The van der Waals surface area contributed by atoms with Gasteiger partial charge in [-0.05, 0) is 32.9 Å². The van der Waals surface area contributed by atoms with Crippen LogP contribution in [0.5, 0.6) is 0 Å². The monoisotopic (exact) mass is 343 g/mol. The first-order valence-corrected chi connectivity index (χ1v) is 8.64. The van der Waals surface area contributed by atoms with Gasteiger partial charge in [0.25, 0.3) is 0 Å². The zero-order chi connectivity index (χ0) is 17.8. The van der Waals surface area contributed by atoms with E-state index in [4.69, 9.17) is 4.74 Å². The molecule has 9 heteroatoms. The number of aromatic nitrogens is 1. The van der Waals surface area contributed by atoms with Crippen molar-refractivity contribution in [2.45, 2.75) is 26.4 Å². The molecule has 8 nitrogen and oxygen atoms in total. The van der Waals surface area contributed by atoms with Crippen molar-refractivity contribution >= 4 is 27.7 Å². The van der Waals surface area contributed by atoms with Crippen LogP contribution in [0.15, 0.2) is 18.3 Å². The van der Waals surface area contributed by atoms with E-state index in [0.29, 0.717) is 0 Å². The molecule has 1 rings (SSSR count). The van der Waals surface area contributed by atoms with Gasteiger partial charge in [0.15, 0.2) is 0 Å². The highest BCUT2D eigenvalue weighted by atomic mass is 32.2. The van der Waals surface area contributed by atoms with E-state index >= 15 is 0 Å². The minimum Gasteiger partial charge on any atom is -0.456 e. The Labute approximate surface area is 135 Å². The summed E-state index contributed by atoms with van der Waals surface area (Å²) in [5.74, 6) is -1.22. The third-order valence-electron chi connectivity index (χ3n) is 2.62. The number of likely N-dealkylation sites (N-methyl/N-ethyl adjacent to an activating group) is 1. The molecular weight excluding hydrogens is 322 g/mol. The van der Waals surface area contributed by atoms with Gasteiger partial charge in [0.2, 0.25) is 15.9 Å². The van der Waals surface area contributed by atoms with E-state index in [1.54, 1.807) is 20.8 Å². The maximum absolute atomic E-state index is 12.1. The zero-order valence-electron chi connectivity index (χ0n) is 13.8. The Kier molecular flexibility index (Phi) is 5.84. The summed E-state index contributed by atoms with van der Waals surface area (Å²) in [5.41, 5.74) is -0.595. The Morgan fingerprint density at radius 2 is 1.96 bits per heavy atom. The molecule has 1 N–H and O–H groups in total. The van der Waals surface area contributed by atoms with Gasteiger partial charge in [-0.1, -0.05) is 0 Å². The van der Waals surface area contributed by atoms with Crippen molar-refractivity contribution in [3.8, 4) is 0 Å². The van der Waals surface area contributed by atoms with Crippen molar-refractivity contribution in [2.24, 2.45) is 0 Å². The number of pyridine rings is 1. The van der Waals surface area contributed by atoms with E-state index in [-0.39, 0.29) is 17.9 Å². The summed E-state index contributed by atoms with van der Waals surface area (Å²) in [6.07, 6.45) is 2.40. The van der Waals surface area contributed by atoms with Crippen LogP contribution >= 0.6 is 0 Å². The molecule has 0 bridgehead atoms. The number of amides is 1. The lowest BCUT2D eigenvalue weighted by molar-refractivity contribution is -0.116. The second kappa shape index (κ2) is 7.05. The smallest absolute Gasteiger partial charge is 0.342 e. The molecule has 0 aliphatic heterocycles. The molecule has 0 atom stereocenters. The third kappa shape index (κ3) is 6.33. The van der Waals surface area contributed by atoms with Crippen LogP contribution in [0.4, 0.5) is 5.82 Å². The van der Waals surface area contributed by atoms with E-state index < -0.39 is 27.5 Å². The van der Waals surface area contributed by atoms with Crippen LogP contribution in [-0.2, 0) is 19.6 Å². The molecule has 1 aromatic heterocycles. The summed E-state index contributed by atoms with van der Waals surface area (Å²) < 4.78 is 28.7. The van der Waals surface area contributed by atoms with Crippen LogP contribution in [0.25, 0.3) is 0 Å². The van der Waals surface area contributed by atoms with Crippen molar-refractivity contribution in [1.29, 1.82) is 0 Å². The maximum atomic E-state index is 12.1. The number of hydrogen-bond donors (Lipinski definition) is 1. The largest absolute Gasteiger partial charge is 0.456 e. The number of ether oxygens (including phenoxy) is 1. The fraction of sp³-hybridized carbons (Fsp3) is 0.500. The Morgan fingerprint density at radius 3 is 2.48 bits per heavy atom. The molecule has 128 valence electrons. The van der Waals surface area contributed by atoms with Crippen molar-refractivity contribution in [2.75, 3.05) is 25.2 Å². The predicted octanol–water partition coefficient (Wildman–Crippen LogP) is 0.867. The molecule has 23 heavy (non-hydrogen) atoms. The van der Waals surface area contributed by atoms with Gasteiger partial charge in [0.05, 0.1) is 12.8 Å². The predicted molar refractivity (Wildman–Crippen MR) is 85.5 cm³/mol. The van der Waals surface area contributed by atoms with Crippen LogP contribution in [0, 0.1) is 0 Å². The molecule has 0 fully saturated rings. The summed E-state index contributed by atoms with van der Waals surface area (Å²) in [6.45, 7) is 4.78. The quantitative estimate of drug-likeness (QED) is 0.795. The number of carbonyl (C=O) groups is 2. The molecule has 0 saturated carbocycles. The molecule has 0 saturated heterocycles. The van der Waals surface area contributed by atoms with Crippen LogP contribution in [0.1, 0.15) is 31.1 Å². The minimum absolute atomic E-state index is 0.0219. The van der Waals surface area contributed by atoms with Gasteiger partial charge >= 0.3 is 5.97 Å². The summed E-state index contributed by atoms with van der Waals surface area (Å²) >= 11 is 0. The zero-order valence-corrected chi connectivity index (χ0v) is 14.6. The van der Waals surface area contributed by atoms with Crippen LogP contribution in [0.3, 0.4) is 0 Å². The number of anilines is 1. The number of carbonyl (C=O) groups excluding carboxylic acids is 2. The van der Waals surface area contributed by atoms with Gasteiger partial charge in [0, 0.05) is 13.2 Å². The fourth-order valence-corrected chi connectivity index (χ4v) is 1.85. The topological polar surface area (TPSA) is 106 Å². The molecule has 0 aliphatic rings. The van der Waals surface area contributed by atoms with E-state index in [2.05, 4.69) is 10.3 Å². The number of nitrogens with one attached hydrogen (secondary N) is 1. The maximum Gasteiger partial charge on any atom is 0.342 e. The lowest BCUT2D eigenvalue weighted by atomic mass is 10.2. The second-order valence-electron chi connectivity index (χ2n) is 5.97. The lowest BCUT2D eigenvalue weighted by Crippen LogP contribution is -2.34. The molecule has 0 aliphatic carbocycles. The van der Waals surface area contributed by atoms with Crippen molar-refractivity contribution in [3.63, 3.8) is 0 Å². The van der Waals surface area contributed by atoms with Crippen molar-refractivity contribution in [1.82, 2.24) is 9.29 Å². The molecule has 1 heterocycles. The van der Waals surface area contributed by atoms with Crippen molar-refractivity contribution in [3.05, 3.63) is 23.9 Å². The molecular formula is C14H21N3O5S. The lowest BCUT2D eigenvalue weighted by Gasteiger charge is -2.20. The second-order valence-corrected chi connectivity index (χ2v) is 8.06. The molecule has 1 amide bonds. The van der Waals surface area contributed by atoms with Crippen LogP contribution in [-0.4, -0.2) is 55.0 Å². The highest BCUT2D eigenvalue weighted by Gasteiger charge is 2.22. The Bertz CT molecular complexity index is 695. The van der Waals surface area contributed by atoms with Crippen LogP contribution in [0.2, 0.25) is 0 Å². The summed E-state index contributed by atoms with van der Waals surface area (Å²) in [4.78, 5) is 28.0. The van der Waals surface area contributed by atoms with Gasteiger partial charge in [0.1, 0.15) is 17.0 Å². The number of sulfonamides is 1. The number of esters is 1. The fourth-order valence-electron chi connectivity index (χ4n) is 1.49. The molecule has 0 unspecified atom stereocenters.